The summed E-state index contributed by atoms with van der Waals surface area (Å²) in [4.78, 5) is 12.8. The normalized spacial score (nSPS) is 24.8. The number of amides is 1. The molecule has 0 saturated heterocycles. The number of hydrogen-bond donors (Lipinski definition) is 3. The van der Waals surface area contributed by atoms with Crippen molar-refractivity contribution in [2.75, 3.05) is 0 Å². The van der Waals surface area contributed by atoms with Gasteiger partial charge in [-0.05, 0) is 60.8 Å². The van der Waals surface area contributed by atoms with Crippen molar-refractivity contribution in [3.05, 3.63) is 81.0 Å². The van der Waals surface area contributed by atoms with E-state index >= 15 is 0 Å². The quantitative estimate of drug-likeness (QED) is 0.527. The van der Waals surface area contributed by atoms with Crippen molar-refractivity contribution in [1.82, 2.24) is 10.6 Å². The molecule has 2 aromatic carbocycles. The lowest BCUT2D eigenvalue weighted by Crippen LogP contribution is -2.49. The van der Waals surface area contributed by atoms with Gasteiger partial charge in [-0.25, -0.2) is 0 Å². The fourth-order valence-electron chi connectivity index (χ4n) is 4.46. The van der Waals surface area contributed by atoms with E-state index in [-0.39, 0.29) is 11.4 Å². The highest BCUT2D eigenvalue weighted by molar-refractivity contribution is 7.80. The van der Waals surface area contributed by atoms with Gasteiger partial charge in [0.15, 0.2) is 0 Å². The number of carbonyl (C=O) groups excluding carboxylic acids is 1. The van der Waals surface area contributed by atoms with Gasteiger partial charge in [-0.3, -0.25) is 4.79 Å². The fourth-order valence-corrected chi connectivity index (χ4v) is 5.25. The van der Waals surface area contributed by atoms with Crippen LogP contribution in [0.15, 0.2) is 59.8 Å². The van der Waals surface area contributed by atoms with Crippen LogP contribution in [0.25, 0.3) is 0 Å². The van der Waals surface area contributed by atoms with Crippen molar-refractivity contribution in [2.24, 2.45) is 5.92 Å². The second-order valence-corrected chi connectivity index (χ2v) is 9.08. The van der Waals surface area contributed by atoms with Crippen molar-refractivity contribution in [2.45, 2.75) is 43.5 Å². The van der Waals surface area contributed by atoms with Gasteiger partial charge in [-0.2, -0.15) is 0 Å². The highest BCUT2D eigenvalue weighted by atomic mass is 35.5. The Hall–Kier alpha value is -1.62. The largest absolute Gasteiger partial charge is 0.360 e. The molecule has 0 spiro atoms. The molecule has 0 radical (unpaired) electrons. The number of allylic oxidation sites excluding steroid dienone is 1. The third kappa shape index (κ3) is 4.60. The van der Waals surface area contributed by atoms with Crippen molar-refractivity contribution in [3.63, 3.8) is 0 Å². The molecule has 1 aliphatic heterocycles. The van der Waals surface area contributed by atoms with E-state index in [1.165, 1.54) is 5.56 Å². The number of benzene rings is 2. The summed E-state index contributed by atoms with van der Waals surface area (Å²) < 4.78 is 0. The molecule has 0 bridgehead atoms. The smallest absolute Gasteiger partial charge is 0.251 e. The number of carbonyl (C=O) groups is 1. The Labute approximate surface area is 187 Å². The van der Waals surface area contributed by atoms with Crippen LogP contribution >= 0.6 is 35.8 Å². The van der Waals surface area contributed by atoms with Crippen molar-refractivity contribution in [1.29, 1.82) is 0 Å². The molecule has 1 amide bonds. The van der Waals surface area contributed by atoms with E-state index < -0.39 is 0 Å². The third-order valence-corrected chi connectivity index (χ3v) is 6.95. The van der Waals surface area contributed by atoms with Crippen LogP contribution in [0.1, 0.15) is 42.7 Å². The van der Waals surface area contributed by atoms with Gasteiger partial charge >= 0.3 is 0 Å². The van der Waals surface area contributed by atoms with E-state index in [0.717, 1.165) is 36.9 Å². The fraction of sp³-hybridized carbons (Fsp3) is 0.348. The molecule has 1 heterocycles. The van der Waals surface area contributed by atoms with Gasteiger partial charge in [0.1, 0.15) is 5.50 Å². The molecule has 152 valence electrons. The van der Waals surface area contributed by atoms with Crippen molar-refractivity contribution in [3.8, 4) is 0 Å². The highest BCUT2D eigenvalue weighted by Gasteiger charge is 2.32. The number of thiol groups is 1. The van der Waals surface area contributed by atoms with Crippen LogP contribution in [-0.4, -0.2) is 11.4 Å². The van der Waals surface area contributed by atoms with Crippen LogP contribution in [0, 0.1) is 5.92 Å². The molecule has 1 fully saturated rings. The molecule has 1 atom stereocenters. The second kappa shape index (κ2) is 9.03. The van der Waals surface area contributed by atoms with E-state index in [2.05, 4.69) is 53.6 Å². The average Bonchev–Trinajstić information content (AvgIpc) is 2.72. The number of rotatable bonds is 4. The van der Waals surface area contributed by atoms with Gasteiger partial charge in [0.05, 0.1) is 0 Å². The Morgan fingerprint density at radius 2 is 1.48 bits per heavy atom. The average molecular weight is 447 g/mol. The molecule has 0 aromatic heterocycles. The third-order valence-electron chi connectivity index (χ3n) is 5.98. The standard InChI is InChI=1S/C23H24Cl2N2OS/c24-19-7-4-8-20(25)17(19)13-18-21(26-23(29)27-22(18)28)16-11-9-15(10-12-16)14-5-2-1-3-6-14/h1-8,15-16,23,26,29H,9-13H2,(H,27,28). The zero-order valence-corrected chi connectivity index (χ0v) is 18.4. The summed E-state index contributed by atoms with van der Waals surface area (Å²) in [7, 11) is 0. The lowest BCUT2D eigenvalue weighted by atomic mass is 9.76. The first-order valence-corrected chi connectivity index (χ1v) is 11.3. The summed E-state index contributed by atoms with van der Waals surface area (Å²) in [6.45, 7) is 0. The predicted molar refractivity (Wildman–Crippen MR) is 122 cm³/mol. The van der Waals surface area contributed by atoms with Crippen LogP contribution in [0.4, 0.5) is 0 Å². The van der Waals surface area contributed by atoms with Crippen molar-refractivity contribution < 1.29 is 4.79 Å². The summed E-state index contributed by atoms with van der Waals surface area (Å²) in [5.74, 6) is 0.797. The topological polar surface area (TPSA) is 41.1 Å². The zero-order valence-electron chi connectivity index (χ0n) is 16.0. The van der Waals surface area contributed by atoms with Crippen LogP contribution in [-0.2, 0) is 11.2 Å². The molecule has 6 heteroatoms. The van der Waals surface area contributed by atoms with Gasteiger partial charge < -0.3 is 10.6 Å². The van der Waals surface area contributed by atoms with Gasteiger partial charge in [0, 0.05) is 27.7 Å². The molecule has 2 aliphatic rings. The first-order chi connectivity index (χ1) is 14.0. The molecule has 1 saturated carbocycles. The molecule has 29 heavy (non-hydrogen) atoms. The monoisotopic (exact) mass is 446 g/mol. The maximum absolute atomic E-state index is 12.8. The maximum atomic E-state index is 12.8. The Morgan fingerprint density at radius 1 is 0.862 bits per heavy atom. The molecule has 2 aromatic rings. The van der Waals surface area contributed by atoms with Gasteiger partial charge in [0.25, 0.3) is 5.91 Å². The Bertz CT molecular complexity index is 903. The number of hydrogen-bond acceptors (Lipinski definition) is 3. The van der Waals surface area contributed by atoms with E-state index in [1.807, 2.05) is 18.2 Å². The van der Waals surface area contributed by atoms with Crippen LogP contribution in [0.2, 0.25) is 10.0 Å². The Kier molecular flexibility index (Phi) is 6.43. The maximum Gasteiger partial charge on any atom is 0.251 e. The minimum absolute atomic E-state index is 0.0973. The summed E-state index contributed by atoms with van der Waals surface area (Å²) in [5.41, 5.74) is 3.53. The molecule has 1 aliphatic carbocycles. The number of nitrogens with one attached hydrogen (secondary N) is 2. The van der Waals surface area contributed by atoms with Gasteiger partial charge in [-0.15, -0.1) is 12.6 Å². The molecule has 2 N–H and O–H groups in total. The molecule has 4 rings (SSSR count). The van der Waals surface area contributed by atoms with Gasteiger partial charge in [0.2, 0.25) is 0 Å². The number of halogens is 2. The first-order valence-electron chi connectivity index (χ1n) is 9.99. The summed E-state index contributed by atoms with van der Waals surface area (Å²) in [5, 5.41) is 7.43. The van der Waals surface area contributed by atoms with E-state index in [1.54, 1.807) is 0 Å². The summed E-state index contributed by atoms with van der Waals surface area (Å²) in [6.07, 6.45) is 4.70. The second-order valence-electron chi connectivity index (χ2n) is 7.75. The van der Waals surface area contributed by atoms with E-state index in [9.17, 15) is 4.79 Å². The minimum atomic E-state index is -0.380. The zero-order chi connectivity index (χ0) is 20.4. The first kappa shape index (κ1) is 20.6. The molecular weight excluding hydrogens is 423 g/mol. The highest BCUT2D eigenvalue weighted by Crippen LogP contribution is 2.40. The molecule has 3 nitrogen and oxygen atoms in total. The van der Waals surface area contributed by atoms with E-state index in [4.69, 9.17) is 23.2 Å². The molecule has 1 unspecified atom stereocenters. The Morgan fingerprint density at radius 3 is 2.14 bits per heavy atom. The summed E-state index contributed by atoms with van der Waals surface area (Å²) in [6, 6.07) is 16.1. The SMILES string of the molecule is O=C1NC(S)NC(C2CCC(c3ccccc3)CC2)=C1Cc1c(Cl)cccc1Cl. The van der Waals surface area contributed by atoms with Crippen molar-refractivity contribution >= 4 is 41.7 Å². The van der Waals surface area contributed by atoms with Crippen LogP contribution in [0.5, 0.6) is 0 Å². The van der Waals surface area contributed by atoms with Gasteiger partial charge in [-0.1, -0.05) is 59.6 Å². The lowest BCUT2D eigenvalue weighted by Gasteiger charge is -2.36. The van der Waals surface area contributed by atoms with Crippen LogP contribution in [0.3, 0.4) is 0 Å². The molecular formula is C23H24Cl2N2OS. The lowest BCUT2D eigenvalue weighted by molar-refractivity contribution is -0.118. The van der Waals surface area contributed by atoms with E-state index in [0.29, 0.717) is 33.9 Å². The Balaban J connectivity index is 1.58. The minimum Gasteiger partial charge on any atom is -0.360 e. The predicted octanol–water partition coefficient (Wildman–Crippen LogP) is 5.70. The van der Waals surface area contributed by atoms with Crippen LogP contribution < -0.4 is 10.6 Å². The summed E-state index contributed by atoms with van der Waals surface area (Å²) >= 11 is 17.2.